The molecule has 0 unspecified atom stereocenters. The number of carbonyl (C=O) groups excluding carboxylic acids is 1. The molecular formula is C19H24N8O2. The van der Waals surface area contributed by atoms with Gasteiger partial charge in [0.05, 0.1) is 0 Å². The summed E-state index contributed by atoms with van der Waals surface area (Å²) in [7, 11) is 0. The van der Waals surface area contributed by atoms with Crippen molar-refractivity contribution in [3.8, 4) is 0 Å². The Hall–Kier alpha value is -3.17. The maximum atomic E-state index is 13.0. The van der Waals surface area contributed by atoms with Gasteiger partial charge in [-0.2, -0.15) is 15.1 Å². The lowest BCUT2D eigenvalue weighted by Gasteiger charge is -2.38. The van der Waals surface area contributed by atoms with Crippen molar-refractivity contribution in [3.05, 3.63) is 24.2 Å². The Morgan fingerprint density at radius 3 is 2.59 bits per heavy atom. The number of rotatable bonds is 3. The molecule has 3 aromatic rings. The number of aromatic amines is 1. The average molecular weight is 396 g/mol. The zero-order valence-electron chi connectivity index (χ0n) is 16.4. The predicted molar refractivity (Wildman–Crippen MR) is 107 cm³/mol. The Kier molecular flexibility index (Phi) is 4.53. The van der Waals surface area contributed by atoms with Crippen molar-refractivity contribution in [2.45, 2.75) is 19.8 Å². The number of piperidine rings is 1. The fourth-order valence-electron chi connectivity index (χ4n) is 4.10. The van der Waals surface area contributed by atoms with Crippen molar-refractivity contribution < 1.29 is 9.21 Å². The summed E-state index contributed by atoms with van der Waals surface area (Å²) in [5.74, 6) is 1.10. The van der Waals surface area contributed by atoms with Crippen LogP contribution in [-0.4, -0.2) is 75.2 Å². The SMILES string of the molecule is Cc1ccc2oc(N3CCC(C(=O)N4CCN(c5ncn[nH]5)CC4)CC3)nc2n1. The van der Waals surface area contributed by atoms with E-state index in [0.717, 1.165) is 63.8 Å². The minimum atomic E-state index is 0.0628. The van der Waals surface area contributed by atoms with Gasteiger partial charge in [-0.1, -0.05) is 0 Å². The minimum Gasteiger partial charge on any atom is -0.422 e. The molecule has 2 aliphatic rings. The highest BCUT2D eigenvalue weighted by Gasteiger charge is 2.32. The van der Waals surface area contributed by atoms with Gasteiger partial charge in [-0.25, -0.2) is 10.1 Å². The van der Waals surface area contributed by atoms with Crippen molar-refractivity contribution in [1.29, 1.82) is 0 Å². The highest BCUT2D eigenvalue weighted by molar-refractivity contribution is 5.79. The van der Waals surface area contributed by atoms with Gasteiger partial charge in [-0.15, -0.1) is 0 Å². The molecule has 1 N–H and O–H groups in total. The third-order valence-electron chi connectivity index (χ3n) is 5.79. The summed E-state index contributed by atoms with van der Waals surface area (Å²) in [4.78, 5) is 32.3. The number of aromatic nitrogens is 5. The highest BCUT2D eigenvalue weighted by Crippen LogP contribution is 2.27. The maximum absolute atomic E-state index is 13.0. The lowest BCUT2D eigenvalue weighted by molar-refractivity contribution is -0.136. The number of hydrogen-bond donors (Lipinski definition) is 1. The van der Waals surface area contributed by atoms with Gasteiger partial charge < -0.3 is 19.1 Å². The third-order valence-corrected chi connectivity index (χ3v) is 5.79. The van der Waals surface area contributed by atoms with Gasteiger partial charge in [0.2, 0.25) is 17.5 Å². The predicted octanol–water partition coefficient (Wildman–Crippen LogP) is 1.21. The van der Waals surface area contributed by atoms with Crippen LogP contribution in [0.1, 0.15) is 18.5 Å². The standard InChI is InChI=1S/C19H24N8O2/c1-13-2-3-15-16(22-13)23-19(29-15)27-6-4-14(5-7-27)17(28)25-8-10-26(11-9-25)18-20-12-21-24-18/h2-3,12,14H,4-11H2,1H3,(H,20,21,24). The number of fused-ring (bicyclic) bond motifs is 1. The number of nitrogens with one attached hydrogen (secondary N) is 1. The molecule has 0 saturated carbocycles. The summed E-state index contributed by atoms with van der Waals surface area (Å²) in [5.41, 5.74) is 2.27. The van der Waals surface area contributed by atoms with E-state index in [2.05, 4.69) is 34.9 Å². The number of aryl methyl sites for hydroxylation is 1. The first kappa shape index (κ1) is 17.9. The summed E-state index contributed by atoms with van der Waals surface area (Å²) in [6.07, 6.45) is 3.13. The second kappa shape index (κ2) is 7.34. The van der Waals surface area contributed by atoms with Crippen LogP contribution in [0.2, 0.25) is 0 Å². The van der Waals surface area contributed by atoms with Gasteiger partial charge in [-0.3, -0.25) is 4.79 Å². The van der Waals surface area contributed by atoms with Gasteiger partial charge in [0, 0.05) is 50.9 Å². The maximum Gasteiger partial charge on any atom is 0.299 e. The van der Waals surface area contributed by atoms with E-state index in [1.807, 2.05) is 24.0 Å². The van der Waals surface area contributed by atoms with Crippen LogP contribution >= 0.6 is 0 Å². The summed E-state index contributed by atoms with van der Waals surface area (Å²) in [6.45, 7) is 6.45. The van der Waals surface area contributed by atoms with Crippen LogP contribution in [0.25, 0.3) is 11.2 Å². The van der Waals surface area contributed by atoms with E-state index in [1.165, 1.54) is 6.33 Å². The number of piperazine rings is 1. The van der Waals surface area contributed by atoms with Gasteiger partial charge in [-0.05, 0) is 31.9 Å². The molecule has 152 valence electrons. The molecule has 2 saturated heterocycles. The number of carbonyl (C=O) groups is 1. The Morgan fingerprint density at radius 1 is 1.07 bits per heavy atom. The van der Waals surface area contributed by atoms with Crippen molar-refractivity contribution in [3.63, 3.8) is 0 Å². The first-order chi connectivity index (χ1) is 14.2. The average Bonchev–Trinajstić information content (AvgIpc) is 3.43. The van der Waals surface area contributed by atoms with Crippen LogP contribution in [-0.2, 0) is 4.79 Å². The number of anilines is 2. The van der Waals surface area contributed by atoms with Crippen molar-refractivity contribution in [1.82, 2.24) is 30.0 Å². The molecule has 0 radical (unpaired) electrons. The molecule has 0 spiro atoms. The van der Waals surface area contributed by atoms with Crippen molar-refractivity contribution in [2.24, 2.45) is 5.92 Å². The van der Waals surface area contributed by atoms with Gasteiger partial charge in [0.25, 0.3) is 6.01 Å². The Labute approximate surface area is 167 Å². The number of hydrogen-bond acceptors (Lipinski definition) is 8. The molecule has 0 aromatic carbocycles. The molecule has 0 aliphatic carbocycles. The largest absolute Gasteiger partial charge is 0.422 e. The van der Waals surface area contributed by atoms with Crippen LogP contribution < -0.4 is 9.80 Å². The number of nitrogens with zero attached hydrogens (tertiary/aromatic N) is 7. The molecule has 3 aromatic heterocycles. The lowest BCUT2D eigenvalue weighted by Crippen LogP contribution is -2.52. The smallest absolute Gasteiger partial charge is 0.299 e. The zero-order chi connectivity index (χ0) is 19.8. The molecule has 10 nitrogen and oxygen atoms in total. The molecule has 2 fully saturated rings. The number of pyridine rings is 1. The van der Waals surface area contributed by atoms with E-state index in [-0.39, 0.29) is 11.8 Å². The molecular weight excluding hydrogens is 372 g/mol. The topological polar surface area (TPSA) is 107 Å². The molecule has 2 aliphatic heterocycles. The normalized spacial score (nSPS) is 18.6. The second-order valence-corrected chi connectivity index (χ2v) is 7.65. The van der Waals surface area contributed by atoms with Gasteiger partial charge in [0.15, 0.2) is 5.58 Å². The summed E-state index contributed by atoms with van der Waals surface area (Å²) < 4.78 is 5.86. The van der Waals surface area contributed by atoms with E-state index >= 15 is 0 Å². The molecule has 0 bridgehead atoms. The number of H-pyrrole nitrogens is 1. The Balaban J connectivity index is 1.16. The third kappa shape index (κ3) is 3.50. The number of amides is 1. The van der Waals surface area contributed by atoms with Gasteiger partial charge in [0.1, 0.15) is 6.33 Å². The van der Waals surface area contributed by atoms with E-state index in [0.29, 0.717) is 17.2 Å². The molecule has 10 heteroatoms. The molecule has 0 atom stereocenters. The van der Waals surface area contributed by atoms with E-state index in [9.17, 15) is 4.79 Å². The molecule has 5 rings (SSSR count). The minimum absolute atomic E-state index is 0.0628. The molecule has 1 amide bonds. The van der Waals surface area contributed by atoms with E-state index in [1.54, 1.807) is 0 Å². The fourth-order valence-corrected chi connectivity index (χ4v) is 4.10. The monoisotopic (exact) mass is 396 g/mol. The summed E-state index contributed by atoms with van der Waals surface area (Å²) in [6, 6.07) is 4.43. The zero-order valence-corrected chi connectivity index (χ0v) is 16.4. The molecule has 29 heavy (non-hydrogen) atoms. The second-order valence-electron chi connectivity index (χ2n) is 7.65. The quantitative estimate of drug-likeness (QED) is 0.704. The van der Waals surface area contributed by atoms with E-state index in [4.69, 9.17) is 4.42 Å². The first-order valence-corrected chi connectivity index (χ1v) is 10.1. The number of oxazole rings is 1. The van der Waals surface area contributed by atoms with Crippen molar-refractivity contribution >= 4 is 29.1 Å². The fraction of sp³-hybridized carbons (Fsp3) is 0.526. The van der Waals surface area contributed by atoms with Crippen molar-refractivity contribution in [2.75, 3.05) is 49.1 Å². The van der Waals surface area contributed by atoms with E-state index < -0.39 is 0 Å². The lowest BCUT2D eigenvalue weighted by atomic mass is 9.95. The Morgan fingerprint density at radius 2 is 1.86 bits per heavy atom. The van der Waals surface area contributed by atoms with Crippen LogP contribution in [0.15, 0.2) is 22.9 Å². The van der Waals surface area contributed by atoms with Crippen LogP contribution in [0.4, 0.5) is 12.0 Å². The molecule has 5 heterocycles. The first-order valence-electron chi connectivity index (χ1n) is 10.1. The summed E-state index contributed by atoms with van der Waals surface area (Å²) >= 11 is 0. The summed E-state index contributed by atoms with van der Waals surface area (Å²) in [5, 5.41) is 6.78. The van der Waals surface area contributed by atoms with Crippen LogP contribution in [0.5, 0.6) is 0 Å². The Bertz CT molecular complexity index is 985. The van der Waals surface area contributed by atoms with Crippen LogP contribution in [0.3, 0.4) is 0 Å². The van der Waals surface area contributed by atoms with Gasteiger partial charge >= 0.3 is 0 Å². The van der Waals surface area contributed by atoms with Crippen LogP contribution in [0, 0.1) is 12.8 Å². The highest BCUT2D eigenvalue weighted by atomic mass is 16.4.